The molecule has 0 saturated carbocycles. The van der Waals surface area contributed by atoms with Gasteiger partial charge in [0, 0.05) is 6.42 Å². The van der Waals surface area contributed by atoms with Crippen LogP contribution in [0.25, 0.3) is 0 Å². The van der Waals surface area contributed by atoms with E-state index < -0.39 is 0 Å². The van der Waals surface area contributed by atoms with Crippen LogP contribution in [0.1, 0.15) is 84.0 Å². The SMILES string of the molecule is CCCCC/C=C/C/C=C(/C/C=C/C/C=C/CCCCC[C]=O)[N+](=O)[O-]. The number of hydrogen-bond acceptors (Lipinski definition) is 3. The second kappa shape index (κ2) is 19.4. The standard InChI is InChI=1S/C22H34NO3/c1-2-3-4-5-10-13-16-19-22(23(25)26)20-17-14-11-8-6-7-9-12-15-18-21-24/h6,8,10,13-14,17,19H,2-5,7,9,11-12,15-16,18,20H2,1H3/b8-6+,13-10+,17-14+,22-19-. The van der Waals surface area contributed by atoms with E-state index in [1.54, 1.807) is 6.08 Å². The highest BCUT2D eigenvalue weighted by atomic mass is 16.6. The first-order chi connectivity index (χ1) is 12.7. The Bertz CT molecular complexity index is 476. The lowest BCUT2D eigenvalue weighted by Gasteiger charge is -1.94. The van der Waals surface area contributed by atoms with E-state index >= 15 is 0 Å². The quantitative estimate of drug-likeness (QED) is 0.127. The van der Waals surface area contributed by atoms with Crippen molar-refractivity contribution in [3.8, 4) is 0 Å². The van der Waals surface area contributed by atoms with Gasteiger partial charge in [0.15, 0.2) is 6.29 Å². The fourth-order valence-electron chi connectivity index (χ4n) is 2.39. The third-order valence-electron chi connectivity index (χ3n) is 3.95. The molecule has 0 saturated heterocycles. The van der Waals surface area contributed by atoms with Crippen LogP contribution < -0.4 is 0 Å². The molecule has 0 heterocycles. The Kier molecular flexibility index (Phi) is 17.9. The monoisotopic (exact) mass is 360 g/mol. The average molecular weight is 361 g/mol. The van der Waals surface area contributed by atoms with Crippen molar-refractivity contribution in [2.75, 3.05) is 0 Å². The van der Waals surface area contributed by atoms with E-state index in [2.05, 4.69) is 25.2 Å². The van der Waals surface area contributed by atoms with Gasteiger partial charge in [-0.15, -0.1) is 0 Å². The van der Waals surface area contributed by atoms with Crippen LogP contribution in [-0.2, 0) is 4.79 Å². The Labute approximate surface area is 158 Å². The van der Waals surface area contributed by atoms with E-state index in [9.17, 15) is 14.9 Å². The van der Waals surface area contributed by atoms with Crippen molar-refractivity contribution >= 4 is 6.29 Å². The average Bonchev–Trinajstić information content (AvgIpc) is 2.63. The fourth-order valence-corrected chi connectivity index (χ4v) is 2.39. The molecule has 145 valence electrons. The highest BCUT2D eigenvalue weighted by Crippen LogP contribution is 2.08. The summed E-state index contributed by atoms with van der Waals surface area (Å²) in [5.41, 5.74) is 0.260. The van der Waals surface area contributed by atoms with Crippen molar-refractivity contribution in [3.05, 3.63) is 58.3 Å². The summed E-state index contributed by atoms with van der Waals surface area (Å²) >= 11 is 0. The van der Waals surface area contributed by atoms with Gasteiger partial charge in [0.1, 0.15) is 0 Å². The predicted molar refractivity (Wildman–Crippen MR) is 109 cm³/mol. The normalized spacial score (nSPS) is 12.6. The molecule has 0 unspecified atom stereocenters. The van der Waals surface area contributed by atoms with Gasteiger partial charge in [-0.1, -0.05) is 62.6 Å². The fraction of sp³-hybridized carbons (Fsp3) is 0.591. The van der Waals surface area contributed by atoms with Crippen molar-refractivity contribution < 1.29 is 9.72 Å². The molecule has 0 aromatic carbocycles. The Hall–Kier alpha value is -1.97. The second-order valence-corrected chi connectivity index (χ2v) is 6.28. The molecule has 0 aliphatic carbocycles. The maximum Gasteiger partial charge on any atom is 0.246 e. The van der Waals surface area contributed by atoms with Crippen LogP contribution in [0.15, 0.2) is 48.2 Å². The van der Waals surface area contributed by atoms with Crippen molar-refractivity contribution in [1.29, 1.82) is 0 Å². The van der Waals surface area contributed by atoms with Crippen LogP contribution in [0.5, 0.6) is 0 Å². The zero-order valence-corrected chi connectivity index (χ0v) is 16.2. The Morgan fingerprint density at radius 1 is 0.885 bits per heavy atom. The first-order valence-electron chi connectivity index (χ1n) is 9.85. The molecule has 0 bridgehead atoms. The highest BCUT2D eigenvalue weighted by Gasteiger charge is 2.06. The lowest BCUT2D eigenvalue weighted by Crippen LogP contribution is -1.97. The van der Waals surface area contributed by atoms with Crippen molar-refractivity contribution in [3.63, 3.8) is 0 Å². The van der Waals surface area contributed by atoms with Gasteiger partial charge in [-0.05, 0) is 51.0 Å². The van der Waals surface area contributed by atoms with Gasteiger partial charge in [0.2, 0.25) is 5.70 Å². The third-order valence-corrected chi connectivity index (χ3v) is 3.95. The largest absolute Gasteiger partial charge is 0.291 e. The summed E-state index contributed by atoms with van der Waals surface area (Å²) in [5, 5.41) is 11.1. The number of unbranched alkanes of at least 4 members (excludes halogenated alkanes) is 7. The first kappa shape index (κ1) is 24.0. The summed E-state index contributed by atoms with van der Waals surface area (Å²) in [5.74, 6) is 0. The van der Waals surface area contributed by atoms with Gasteiger partial charge in [-0.2, -0.15) is 0 Å². The minimum absolute atomic E-state index is 0.260. The summed E-state index contributed by atoms with van der Waals surface area (Å²) in [6.45, 7) is 2.18. The van der Waals surface area contributed by atoms with Crippen LogP contribution in [0.2, 0.25) is 0 Å². The molecule has 0 amide bonds. The zero-order chi connectivity index (χ0) is 19.3. The molecular formula is C22H34NO3. The molecular weight excluding hydrogens is 326 g/mol. The Morgan fingerprint density at radius 3 is 2.19 bits per heavy atom. The molecule has 0 aromatic heterocycles. The van der Waals surface area contributed by atoms with Crippen molar-refractivity contribution in [2.24, 2.45) is 0 Å². The predicted octanol–water partition coefficient (Wildman–Crippen LogP) is 6.63. The molecule has 0 aromatic rings. The van der Waals surface area contributed by atoms with E-state index in [4.69, 9.17) is 0 Å². The lowest BCUT2D eigenvalue weighted by molar-refractivity contribution is -0.427. The van der Waals surface area contributed by atoms with Crippen molar-refractivity contribution in [1.82, 2.24) is 0 Å². The topological polar surface area (TPSA) is 60.2 Å². The van der Waals surface area contributed by atoms with Gasteiger partial charge in [-0.3, -0.25) is 14.9 Å². The molecule has 0 aliphatic heterocycles. The summed E-state index contributed by atoms with van der Waals surface area (Å²) in [6, 6.07) is 0. The second-order valence-electron chi connectivity index (χ2n) is 6.28. The molecule has 4 nitrogen and oxygen atoms in total. The van der Waals surface area contributed by atoms with E-state index in [0.717, 1.165) is 38.5 Å². The van der Waals surface area contributed by atoms with Gasteiger partial charge < -0.3 is 0 Å². The molecule has 0 atom stereocenters. The molecule has 1 radical (unpaired) electrons. The van der Waals surface area contributed by atoms with Crippen molar-refractivity contribution in [2.45, 2.75) is 84.0 Å². The van der Waals surface area contributed by atoms with E-state index in [1.807, 2.05) is 24.5 Å². The summed E-state index contributed by atoms with van der Waals surface area (Å²) < 4.78 is 0. The third kappa shape index (κ3) is 16.9. The minimum atomic E-state index is -0.290. The van der Waals surface area contributed by atoms with Crippen LogP contribution in [0.3, 0.4) is 0 Å². The maximum atomic E-state index is 11.1. The van der Waals surface area contributed by atoms with Crippen LogP contribution >= 0.6 is 0 Å². The molecule has 0 spiro atoms. The summed E-state index contributed by atoms with van der Waals surface area (Å²) in [7, 11) is 0. The molecule has 0 N–H and O–H groups in total. The molecule has 0 rings (SSSR count). The number of hydrogen-bond donors (Lipinski definition) is 0. The molecule has 26 heavy (non-hydrogen) atoms. The van der Waals surface area contributed by atoms with Gasteiger partial charge in [0.05, 0.1) is 11.3 Å². The Morgan fingerprint density at radius 2 is 1.54 bits per heavy atom. The molecule has 0 aliphatic rings. The Balaban J connectivity index is 3.93. The van der Waals surface area contributed by atoms with Crippen LogP contribution in [0.4, 0.5) is 0 Å². The zero-order valence-electron chi connectivity index (χ0n) is 16.2. The number of rotatable bonds is 17. The van der Waals surface area contributed by atoms with Crippen LogP contribution in [0, 0.1) is 10.1 Å². The lowest BCUT2D eigenvalue weighted by atomic mass is 10.1. The van der Waals surface area contributed by atoms with Gasteiger partial charge in [0.25, 0.3) is 0 Å². The van der Waals surface area contributed by atoms with E-state index in [0.29, 0.717) is 19.3 Å². The summed E-state index contributed by atoms with van der Waals surface area (Å²) in [6.07, 6.45) is 26.8. The maximum absolute atomic E-state index is 11.1. The number of carbonyl (C=O) groups excluding carboxylic acids is 1. The minimum Gasteiger partial charge on any atom is -0.291 e. The number of allylic oxidation sites excluding steroid dienone is 7. The number of nitrogens with zero attached hydrogens (tertiary/aromatic N) is 1. The summed E-state index contributed by atoms with van der Waals surface area (Å²) in [4.78, 5) is 20.8. The van der Waals surface area contributed by atoms with E-state index in [1.165, 1.54) is 19.3 Å². The van der Waals surface area contributed by atoms with E-state index in [-0.39, 0.29) is 10.6 Å². The van der Waals surface area contributed by atoms with Gasteiger partial charge >= 0.3 is 0 Å². The van der Waals surface area contributed by atoms with Crippen LogP contribution in [-0.4, -0.2) is 11.2 Å². The van der Waals surface area contributed by atoms with Gasteiger partial charge in [-0.25, -0.2) is 0 Å². The first-order valence-corrected chi connectivity index (χ1v) is 9.85. The smallest absolute Gasteiger partial charge is 0.246 e. The molecule has 4 heteroatoms. The molecule has 0 fully saturated rings. The highest BCUT2D eigenvalue weighted by molar-refractivity contribution is 5.50. The number of nitro groups is 1.